The second kappa shape index (κ2) is 6.02. The van der Waals surface area contributed by atoms with Crippen molar-refractivity contribution >= 4 is 21.7 Å². The van der Waals surface area contributed by atoms with Crippen LogP contribution in [0.5, 0.6) is 5.75 Å². The van der Waals surface area contributed by atoms with Crippen LogP contribution in [0.2, 0.25) is 0 Å². The quantitative estimate of drug-likeness (QED) is 0.570. The number of ketones is 1. The van der Waals surface area contributed by atoms with Gasteiger partial charge in [-0.2, -0.15) is 0 Å². The van der Waals surface area contributed by atoms with Crippen LogP contribution in [0.15, 0.2) is 54.6 Å². The molecule has 0 amide bonds. The number of carbonyl (C=O) groups is 1. The molecule has 1 aliphatic carbocycles. The van der Waals surface area contributed by atoms with Crippen LogP contribution in [0, 0.1) is 5.41 Å². The molecule has 0 spiro atoms. The van der Waals surface area contributed by atoms with Crippen molar-refractivity contribution in [2.45, 2.75) is 12.8 Å². The first-order valence-electron chi connectivity index (χ1n) is 7.11. The van der Waals surface area contributed by atoms with Crippen molar-refractivity contribution in [1.29, 1.82) is 0 Å². The Balaban J connectivity index is 1.65. The van der Waals surface area contributed by atoms with E-state index >= 15 is 0 Å². The second-order valence-corrected chi connectivity index (χ2v) is 6.20. The average Bonchev–Trinajstić information content (AvgIpc) is 3.34. The van der Waals surface area contributed by atoms with Gasteiger partial charge in [-0.15, -0.1) is 0 Å². The van der Waals surface area contributed by atoms with Gasteiger partial charge in [-0.05, 0) is 37.1 Å². The first kappa shape index (κ1) is 14.3. The van der Waals surface area contributed by atoms with Crippen LogP contribution in [0.25, 0.3) is 0 Å². The first-order chi connectivity index (χ1) is 10.2. The lowest BCUT2D eigenvalue weighted by Crippen LogP contribution is -2.14. The van der Waals surface area contributed by atoms with Crippen molar-refractivity contribution in [3.8, 4) is 5.75 Å². The Kier molecular flexibility index (Phi) is 4.11. The number of rotatable bonds is 6. The molecule has 1 fully saturated rings. The van der Waals surface area contributed by atoms with E-state index in [0.717, 1.165) is 17.7 Å². The van der Waals surface area contributed by atoms with Crippen LogP contribution in [0.4, 0.5) is 0 Å². The molecule has 2 nitrogen and oxygen atoms in total. The zero-order chi connectivity index (χ0) is 14.7. The average molecular weight is 345 g/mol. The fraction of sp³-hybridized carbons (Fsp3) is 0.278. The second-order valence-electron chi connectivity index (χ2n) is 5.64. The van der Waals surface area contributed by atoms with Crippen molar-refractivity contribution in [2.75, 3.05) is 11.9 Å². The van der Waals surface area contributed by atoms with E-state index in [0.29, 0.717) is 16.5 Å². The maximum Gasteiger partial charge on any atom is 0.193 e. The van der Waals surface area contributed by atoms with Crippen LogP contribution in [0.1, 0.15) is 28.8 Å². The highest BCUT2D eigenvalue weighted by atomic mass is 79.9. The lowest BCUT2D eigenvalue weighted by molar-refractivity contribution is 0.103. The monoisotopic (exact) mass is 344 g/mol. The highest BCUT2D eigenvalue weighted by molar-refractivity contribution is 9.09. The van der Waals surface area contributed by atoms with Gasteiger partial charge in [-0.3, -0.25) is 4.79 Å². The third-order valence-corrected chi connectivity index (χ3v) is 5.13. The predicted molar refractivity (Wildman–Crippen MR) is 87.3 cm³/mol. The SMILES string of the molecule is O=C(c1ccccc1)c1ccc(OCC2(CBr)CC2)cc1. The Hall–Kier alpha value is -1.61. The summed E-state index contributed by atoms with van der Waals surface area (Å²) < 4.78 is 5.82. The fourth-order valence-electron chi connectivity index (χ4n) is 2.19. The molecule has 0 heterocycles. The summed E-state index contributed by atoms with van der Waals surface area (Å²) in [5.74, 6) is 0.869. The Morgan fingerprint density at radius 1 is 1.00 bits per heavy atom. The minimum absolute atomic E-state index is 0.0428. The van der Waals surface area contributed by atoms with E-state index in [1.807, 2.05) is 54.6 Å². The molecule has 108 valence electrons. The summed E-state index contributed by atoms with van der Waals surface area (Å²) in [6, 6.07) is 16.7. The molecule has 2 aromatic rings. The smallest absolute Gasteiger partial charge is 0.193 e. The third-order valence-electron chi connectivity index (χ3n) is 3.94. The van der Waals surface area contributed by atoms with Crippen molar-refractivity contribution in [1.82, 2.24) is 0 Å². The molecule has 0 bridgehead atoms. The van der Waals surface area contributed by atoms with E-state index in [1.165, 1.54) is 12.8 Å². The van der Waals surface area contributed by atoms with Gasteiger partial charge in [0.15, 0.2) is 5.78 Å². The van der Waals surface area contributed by atoms with E-state index in [2.05, 4.69) is 15.9 Å². The predicted octanol–water partition coefficient (Wildman–Crippen LogP) is 4.47. The van der Waals surface area contributed by atoms with Gasteiger partial charge in [0.2, 0.25) is 0 Å². The first-order valence-corrected chi connectivity index (χ1v) is 8.23. The normalized spacial score (nSPS) is 15.5. The number of hydrogen-bond donors (Lipinski definition) is 0. The molecule has 3 rings (SSSR count). The summed E-state index contributed by atoms with van der Waals surface area (Å²) in [6.45, 7) is 0.740. The van der Waals surface area contributed by atoms with Crippen LogP contribution >= 0.6 is 15.9 Å². The number of alkyl halides is 1. The molecular weight excluding hydrogens is 328 g/mol. The van der Waals surface area contributed by atoms with E-state index in [1.54, 1.807) is 0 Å². The number of benzene rings is 2. The minimum atomic E-state index is 0.0428. The van der Waals surface area contributed by atoms with E-state index in [4.69, 9.17) is 4.74 Å². The third kappa shape index (κ3) is 3.35. The number of carbonyl (C=O) groups excluding carboxylic acids is 1. The molecule has 21 heavy (non-hydrogen) atoms. The summed E-state index contributed by atoms with van der Waals surface area (Å²) in [7, 11) is 0. The number of ether oxygens (including phenoxy) is 1. The van der Waals surface area contributed by atoms with E-state index in [-0.39, 0.29) is 5.78 Å². The van der Waals surface area contributed by atoms with Gasteiger partial charge >= 0.3 is 0 Å². The van der Waals surface area contributed by atoms with Gasteiger partial charge in [-0.25, -0.2) is 0 Å². The van der Waals surface area contributed by atoms with E-state index in [9.17, 15) is 4.79 Å². The molecule has 0 N–H and O–H groups in total. The molecule has 0 radical (unpaired) electrons. The summed E-state index contributed by atoms with van der Waals surface area (Å²) in [6.07, 6.45) is 2.45. The zero-order valence-electron chi connectivity index (χ0n) is 11.7. The molecule has 0 aromatic heterocycles. The van der Waals surface area contributed by atoms with Gasteiger partial charge in [0.05, 0.1) is 6.61 Å². The zero-order valence-corrected chi connectivity index (χ0v) is 13.3. The van der Waals surface area contributed by atoms with E-state index < -0.39 is 0 Å². The van der Waals surface area contributed by atoms with Gasteiger partial charge in [0, 0.05) is 21.9 Å². The summed E-state index contributed by atoms with van der Waals surface area (Å²) >= 11 is 3.54. The summed E-state index contributed by atoms with van der Waals surface area (Å²) in [4.78, 5) is 12.3. The molecule has 0 unspecified atom stereocenters. The Labute approximate surface area is 133 Å². The highest BCUT2D eigenvalue weighted by Gasteiger charge is 2.42. The van der Waals surface area contributed by atoms with Gasteiger partial charge in [0.1, 0.15) is 5.75 Å². The van der Waals surface area contributed by atoms with Gasteiger partial charge in [0.25, 0.3) is 0 Å². The maximum atomic E-state index is 12.3. The molecule has 2 aromatic carbocycles. The maximum absolute atomic E-state index is 12.3. The molecule has 1 aliphatic rings. The Morgan fingerprint density at radius 3 is 2.19 bits per heavy atom. The van der Waals surface area contributed by atoms with Crippen molar-refractivity contribution in [3.05, 3.63) is 65.7 Å². The lowest BCUT2D eigenvalue weighted by Gasteiger charge is -2.13. The largest absolute Gasteiger partial charge is 0.493 e. The van der Waals surface area contributed by atoms with Gasteiger partial charge < -0.3 is 4.74 Å². The Morgan fingerprint density at radius 2 is 1.62 bits per heavy atom. The Bertz CT molecular complexity index is 615. The molecule has 0 atom stereocenters. The summed E-state index contributed by atoms with van der Waals surface area (Å²) in [5.41, 5.74) is 1.73. The molecule has 3 heteroatoms. The van der Waals surface area contributed by atoms with Crippen molar-refractivity contribution in [3.63, 3.8) is 0 Å². The van der Waals surface area contributed by atoms with Crippen LogP contribution in [-0.4, -0.2) is 17.7 Å². The van der Waals surface area contributed by atoms with Crippen LogP contribution in [0.3, 0.4) is 0 Å². The topological polar surface area (TPSA) is 26.3 Å². The van der Waals surface area contributed by atoms with Crippen LogP contribution < -0.4 is 4.74 Å². The van der Waals surface area contributed by atoms with Crippen LogP contribution in [-0.2, 0) is 0 Å². The van der Waals surface area contributed by atoms with Crippen molar-refractivity contribution in [2.24, 2.45) is 5.41 Å². The standard InChI is InChI=1S/C18H17BrO2/c19-12-18(10-11-18)13-21-16-8-6-15(7-9-16)17(20)14-4-2-1-3-5-14/h1-9H,10-13H2. The minimum Gasteiger partial charge on any atom is -0.493 e. The lowest BCUT2D eigenvalue weighted by atomic mass is 10.0. The number of hydrogen-bond acceptors (Lipinski definition) is 2. The molecule has 1 saturated carbocycles. The fourth-order valence-corrected chi connectivity index (χ4v) is 2.91. The molecular formula is C18H17BrO2. The van der Waals surface area contributed by atoms with Gasteiger partial charge in [-0.1, -0.05) is 46.3 Å². The molecule has 0 saturated heterocycles. The molecule has 0 aliphatic heterocycles. The number of halogens is 1. The summed E-state index contributed by atoms with van der Waals surface area (Å²) in [5, 5.41) is 0.991. The van der Waals surface area contributed by atoms with Crippen molar-refractivity contribution < 1.29 is 9.53 Å². The highest BCUT2D eigenvalue weighted by Crippen LogP contribution is 2.47.